The molecule has 3 aromatic carbocycles. The third-order valence-corrected chi connectivity index (χ3v) is 7.18. The maximum Gasteiger partial charge on any atom is 0.251 e. The number of nitrogens with zero attached hydrogens (tertiary/aromatic N) is 1. The van der Waals surface area contributed by atoms with E-state index in [1.54, 1.807) is 54.2 Å². The lowest BCUT2D eigenvalue weighted by Gasteiger charge is -2.23. The molecule has 8 heteroatoms. The third-order valence-electron chi connectivity index (χ3n) is 5.01. The number of hydrogen-bond donors (Lipinski definition) is 1. The minimum absolute atomic E-state index is 0.130. The first kappa shape index (κ1) is 24.8. The lowest BCUT2D eigenvalue weighted by Crippen LogP contribution is -2.30. The Morgan fingerprint density at radius 2 is 1.67 bits per heavy atom. The molecule has 0 aliphatic rings. The molecule has 0 bridgehead atoms. The average molecular weight is 487 g/mol. The molecule has 1 N–H and O–H groups in total. The highest BCUT2D eigenvalue weighted by Crippen LogP contribution is 2.22. The van der Waals surface area contributed by atoms with E-state index >= 15 is 0 Å². The van der Waals surface area contributed by atoms with Gasteiger partial charge < -0.3 is 5.32 Å². The predicted molar refractivity (Wildman–Crippen MR) is 134 cm³/mol. The molecule has 0 aliphatic heterocycles. The zero-order chi connectivity index (χ0) is 23.8. The van der Waals surface area contributed by atoms with E-state index < -0.39 is 15.8 Å². The Kier molecular flexibility index (Phi) is 8.52. The highest BCUT2D eigenvalue weighted by Gasteiger charge is 2.20. The molecule has 3 aromatic rings. The van der Waals surface area contributed by atoms with Crippen molar-refractivity contribution in [2.75, 3.05) is 22.9 Å². The van der Waals surface area contributed by atoms with Gasteiger partial charge in [0.05, 0.1) is 18.5 Å². The van der Waals surface area contributed by atoms with E-state index in [2.05, 4.69) is 36.5 Å². The Labute approximate surface area is 199 Å². The van der Waals surface area contributed by atoms with Crippen molar-refractivity contribution in [1.29, 1.82) is 0 Å². The smallest absolute Gasteiger partial charge is 0.251 e. The number of rotatable bonds is 10. The quantitative estimate of drug-likeness (QED) is 0.420. The van der Waals surface area contributed by atoms with Crippen LogP contribution in [-0.4, -0.2) is 32.9 Å². The molecule has 0 aliphatic carbocycles. The molecule has 0 saturated heterocycles. The Balaban J connectivity index is 1.55. The van der Waals surface area contributed by atoms with Gasteiger partial charge in [0.1, 0.15) is 5.82 Å². The average Bonchev–Trinajstić information content (AvgIpc) is 2.79. The summed E-state index contributed by atoms with van der Waals surface area (Å²) >= 11 is 1.74. The fraction of sp³-hybridized carbons (Fsp3) is 0.240. The van der Waals surface area contributed by atoms with E-state index in [4.69, 9.17) is 0 Å². The van der Waals surface area contributed by atoms with E-state index in [0.29, 0.717) is 17.8 Å². The lowest BCUT2D eigenvalue weighted by molar-refractivity contribution is 0.0956. The fourth-order valence-corrected chi connectivity index (χ4v) is 4.87. The van der Waals surface area contributed by atoms with E-state index in [9.17, 15) is 17.6 Å². The van der Waals surface area contributed by atoms with Crippen molar-refractivity contribution in [3.05, 3.63) is 101 Å². The van der Waals surface area contributed by atoms with Gasteiger partial charge in [-0.05, 0) is 42.8 Å². The summed E-state index contributed by atoms with van der Waals surface area (Å²) in [4.78, 5) is 12.4. The minimum Gasteiger partial charge on any atom is -0.351 e. The first-order valence-corrected chi connectivity index (χ1v) is 13.5. The molecule has 0 fully saturated rings. The summed E-state index contributed by atoms with van der Waals surface area (Å²) in [6.07, 6.45) is 1.07. The summed E-state index contributed by atoms with van der Waals surface area (Å²) in [5, 5.41) is 2.88. The molecular weight excluding hydrogens is 459 g/mol. The molecule has 0 spiro atoms. The minimum atomic E-state index is -3.65. The lowest BCUT2D eigenvalue weighted by atomic mass is 10.1. The van der Waals surface area contributed by atoms with Gasteiger partial charge >= 0.3 is 0 Å². The highest BCUT2D eigenvalue weighted by molar-refractivity contribution is 7.98. The van der Waals surface area contributed by atoms with Crippen LogP contribution < -0.4 is 9.62 Å². The number of sulfonamides is 1. The summed E-state index contributed by atoms with van der Waals surface area (Å²) < 4.78 is 39.8. The summed E-state index contributed by atoms with van der Waals surface area (Å²) in [5.74, 6) is 0.969. The van der Waals surface area contributed by atoms with Crippen molar-refractivity contribution in [2.24, 2.45) is 0 Å². The molecule has 0 aromatic heterocycles. The molecule has 0 radical (unpaired) electrons. The number of carbonyl (C=O) groups is 1. The van der Waals surface area contributed by atoms with E-state index in [1.807, 2.05) is 0 Å². The summed E-state index contributed by atoms with van der Waals surface area (Å²) in [6, 6.07) is 20.7. The Bertz CT molecular complexity index is 1180. The zero-order valence-electron chi connectivity index (χ0n) is 18.6. The molecular formula is C25H27FN2O3S2. The number of aryl methyl sites for hydroxylation is 1. The van der Waals surface area contributed by atoms with Crippen LogP contribution in [0.25, 0.3) is 0 Å². The number of thioether (sulfide) groups is 1. The van der Waals surface area contributed by atoms with Crippen molar-refractivity contribution in [2.45, 2.75) is 19.2 Å². The molecule has 0 unspecified atom stereocenters. The SMILES string of the molecule is Cc1ccc(CSCCNC(=O)c2ccc(N(Cc3ccccc3F)S(C)(=O)=O)cc2)cc1. The topological polar surface area (TPSA) is 66.5 Å². The standard InChI is InChI=1S/C25H27FN2O3S2/c1-19-7-9-20(10-8-19)18-32-16-15-27-25(29)21-11-13-23(14-12-21)28(33(2,30)31)17-22-5-3-4-6-24(22)26/h3-14H,15-18H2,1-2H3,(H,27,29). The first-order chi connectivity index (χ1) is 15.7. The maximum absolute atomic E-state index is 14.0. The van der Waals surface area contributed by atoms with Gasteiger partial charge in [-0.1, -0.05) is 48.0 Å². The summed E-state index contributed by atoms with van der Waals surface area (Å²) in [7, 11) is -3.65. The van der Waals surface area contributed by atoms with Crippen LogP contribution in [-0.2, 0) is 22.3 Å². The number of amides is 1. The van der Waals surface area contributed by atoms with Crippen LogP contribution in [0.2, 0.25) is 0 Å². The molecule has 33 heavy (non-hydrogen) atoms. The summed E-state index contributed by atoms with van der Waals surface area (Å²) in [5.41, 5.74) is 3.55. The Morgan fingerprint density at radius 1 is 1.00 bits per heavy atom. The summed E-state index contributed by atoms with van der Waals surface area (Å²) in [6.45, 7) is 2.45. The van der Waals surface area contributed by atoms with Crippen molar-refractivity contribution in [1.82, 2.24) is 5.32 Å². The van der Waals surface area contributed by atoms with E-state index in [1.165, 1.54) is 17.2 Å². The zero-order valence-corrected chi connectivity index (χ0v) is 20.3. The van der Waals surface area contributed by atoms with Crippen LogP contribution in [0.3, 0.4) is 0 Å². The molecule has 0 heterocycles. The van der Waals surface area contributed by atoms with Crippen molar-refractivity contribution in [3.8, 4) is 0 Å². The van der Waals surface area contributed by atoms with Crippen LogP contribution in [0.4, 0.5) is 10.1 Å². The maximum atomic E-state index is 14.0. The number of carbonyl (C=O) groups excluding carboxylic acids is 1. The van der Waals surface area contributed by atoms with Gasteiger partial charge in [-0.25, -0.2) is 12.8 Å². The normalized spacial score (nSPS) is 11.2. The second kappa shape index (κ2) is 11.3. The van der Waals surface area contributed by atoms with Crippen LogP contribution >= 0.6 is 11.8 Å². The molecule has 1 amide bonds. The van der Waals surface area contributed by atoms with Gasteiger partial charge in [0, 0.05) is 29.2 Å². The van der Waals surface area contributed by atoms with Crippen molar-refractivity contribution in [3.63, 3.8) is 0 Å². The number of benzene rings is 3. The second-order valence-electron chi connectivity index (χ2n) is 7.70. The van der Waals surface area contributed by atoms with E-state index in [-0.39, 0.29) is 18.0 Å². The van der Waals surface area contributed by atoms with Crippen molar-refractivity contribution >= 4 is 33.4 Å². The van der Waals surface area contributed by atoms with E-state index in [0.717, 1.165) is 22.1 Å². The van der Waals surface area contributed by atoms with Gasteiger partial charge in [0.2, 0.25) is 10.0 Å². The van der Waals surface area contributed by atoms with Crippen LogP contribution in [0, 0.1) is 12.7 Å². The monoisotopic (exact) mass is 486 g/mol. The van der Waals surface area contributed by atoms with Gasteiger partial charge in [0.15, 0.2) is 0 Å². The highest BCUT2D eigenvalue weighted by atomic mass is 32.2. The number of nitrogens with one attached hydrogen (secondary N) is 1. The third kappa shape index (κ3) is 7.33. The van der Waals surface area contributed by atoms with Crippen molar-refractivity contribution < 1.29 is 17.6 Å². The Hall–Kier alpha value is -2.84. The number of anilines is 1. The largest absolute Gasteiger partial charge is 0.351 e. The van der Waals surface area contributed by atoms with Crippen LogP contribution in [0.15, 0.2) is 72.8 Å². The fourth-order valence-electron chi connectivity index (χ4n) is 3.17. The van der Waals surface area contributed by atoms with Crippen LogP contribution in [0.1, 0.15) is 27.0 Å². The molecule has 3 rings (SSSR count). The predicted octanol–water partition coefficient (Wildman–Crippen LogP) is 4.76. The molecule has 174 valence electrons. The van der Waals surface area contributed by atoms with Gasteiger partial charge in [-0.15, -0.1) is 0 Å². The Morgan fingerprint density at radius 3 is 2.30 bits per heavy atom. The number of halogens is 1. The van der Waals surface area contributed by atoms with Crippen LogP contribution in [0.5, 0.6) is 0 Å². The molecule has 0 saturated carbocycles. The number of hydrogen-bond acceptors (Lipinski definition) is 4. The molecule has 0 atom stereocenters. The first-order valence-electron chi connectivity index (χ1n) is 10.5. The van der Waals surface area contributed by atoms with Gasteiger partial charge in [0.25, 0.3) is 5.91 Å². The second-order valence-corrected chi connectivity index (χ2v) is 10.7. The molecule has 5 nitrogen and oxygen atoms in total. The van der Waals surface area contributed by atoms with Gasteiger partial charge in [-0.3, -0.25) is 9.10 Å². The van der Waals surface area contributed by atoms with Gasteiger partial charge in [-0.2, -0.15) is 11.8 Å².